The Hall–Kier alpha value is -1.12. The molecule has 2 atom stereocenters. The summed E-state index contributed by atoms with van der Waals surface area (Å²) in [6.07, 6.45) is 3.12. The number of nitrogen functional groups attached to an aromatic ring is 1. The van der Waals surface area contributed by atoms with Crippen LogP contribution < -0.4 is 5.73 Å². The average Bonchev–Trinajstić information content (AvgIpc) is 2.24. The molecule has 0 aromatic heterocycles. The van der Waals surface area contributed by atoms with Crippen LogP contribution in [-0.2, 0) is 0 Å². The zero-order chi connectivity index (χ0) is 12.6. The number of anilines is 1. The number of hydrogen-bond acceptors (Lipinski definition) is 1. The van der Waals surface area contributed by atoms with E-state index in [1.807, 2.05) is 0 Å². The lowest BCUT2D eigenvalue weighted by molar-refractivity contribution is 0.265. The molecule has 1 aromatic carbocycles. The third kappa shape index (κ3) is 2.43. The van der Waals surface area contributed by atoms with Crippen LogP contribution in [0.15, 0.2) is 12.1 Å². The molecule has 1 nitrogen and oxygen atoms in total. The average molecular weight is 239 g/mol. The summed E-state index contributed by atoms with van der Waals surface area (Å²) in [5, 5.41) is 0. The van der Waals surface area contributed by atoms with Crippen molar-refractivity contribution in [1.82, 2.24) is 0 Å². The lowest BCUT2D eigenvalue weighted by atomic mass is 9.74. The smallest absolute Gasteiger partial charge is 0.152 e. The quantitative estimate of drug-likeness (QED) is 0.734. The molecule has 1 saturated carbocycles. The largest absolute Gasteiger partial charge is 0.394 e. The first-order valence-corrected chi connectivity index (χ1v) is 6.22. The topological polar surface area (TPSA) is 26.0 Å². The molecule has 1 aliphatic rings. The summed E-state index contributed by atoms with van der Waals surface area (Å²) in [6, 6.07) is 2.83. The SMILES string of the molecule is CC1CC(C)CC(c2ccc(F)c(N)c2F)C1. The maximum absolute atomic E-state index is 13.9. The van der Waals surface area contributed by atoms with Crippen LogP contribution in [0.2, 0.25) is 0 Å². The molecular formula is C14H19F2N. The van der Waals surface area contributed by atoms with Crippen molar-refractivity contribution in [3.05, 3.63) is 29.3 Å². The molecule has 0 heterocycles. The standard InChI is InChI=1S/C14H19F2N/c1-8-5-9(2)7-10(6-8)11-3-4-12(15)14(17)13(11)16/h3-4,8-10H,5-7,17H2,1-2H3. The fraction of sp³-hybridized carbons (Fsp3) is 0.571. The molecule has 0 amide bonds. The van der Waals surface area contributed by atoms with Crippen molar-refractivity contribution < 1.29 is 8.78 Å². The van der Waals surface area contributed by atoms with Gasteiger partial charge in [-0.25, -0.2) is 8.78 Å². The highest BCUT2D eigenvalue weighted by molar-refractivity contribution is 5.45. The highest BCUT2D eigenvalue weighted by atomic mass is 19.1. The van der Waals surface area contributed by atoms with Gasteiger partial charge in [0.1, 0.15) is 11.5 Å². The van der Waals surface area contributed by atoms with Crippen molar-refractivity contribution in [1.29, 1.82) is 0 Å². The lowest BCUT2D eigenvalue weighted by Crippen LogP contribution is -2.19. The molecule has 1 fully saturated rings. The van der Waals surface area contributed by atoms with E-state index in [9.17, 15) is 8.78 Å². The van der Waals surface area contributed by atoms with E-state index >= 15 is 0 Å². The Morgan fingerprint density at radius 3 is 2.24 bits per heavy atom. The maximum atomic E-state index is 13.9. The van der Waals surface area contributed by atoms with Gasteiger partial charge in [0.25, 0.3) is 0 Å². The minimum Gasteiger partial charge on any atom is -0.394 e. The van der Waals surface area contributed by atoms with Gasteiger partial charge in [0.15, 0.2) is 5.82 Å². The van der Waals surface area contributed by atoms with Gasteiger partial charge in [0.2, 0.25) is 0 Å². The predicted molar refractivity (Wildman–Crippen MR) is 65.7 cm³/mol. The first-order valence-electron chi connectivity index (χ1n) is 6.22. The van der Waals surface area contributed by atoms with Crippen molar-refractivity contribution >= 4 is 5.69 Å². The Kier molecular flexibility index (Phi) is 3.36. The number of rotatable bonds is 1. The van der Waals surface area contributed by atoms with Gasteiger partial charge in [0, 0.05) is 0 Å². The summed E-state index contributed by atoms with van der Waals surface area (Å²) in [5.41, 5.74) is 5.65. The Morgan fingerprint density at radius 1 is 1.06 bits per heavy atom. The molecule has 2 rings (SSSR count). The van der Waals surface area contributed by atoms with Crippen LogP contribution in [-0.4, -0.2) is 0 Å². The van der Waals surface area contributed by atoms with Crippen LogP contribution in [0.5, 0.6) is 0 Å². The zero-order valence-corrected chi connectivity index (χ0v) is 10.3. The Morgan fingerprint density at radius 2 is 1.65 bits per heavy atom. The first kappa shape index (κ1) is 12.3. The summed E-state index contributed by atoms with van der Waals surface area (Å²) >= 11 is 0. The molecule has 0 bridgehead atoms. The fourth-order valence-electron chi connectivity index (χ4n) is 3.10. The van der Waals surface area contributed by atoms with Crippen LogP contribution in [0.4, 0.5) is 14.5 Å². The highest BCUT2D eigenvalue weighted by Gasteiger charge is 2.27. The van der Waals surface area contributed by atoms with Crippen LogP contribution >= 0.6 is 0 Å². The fourth-order valence-corrected chi connectivity index (χ4v) is 3.10. The Labute approximate surface area is 101 Å². The second-order valence-electron chi connectivity index (χ2n) is 5.48. The first-order chi connectivity index (χ1) is 7.99. The number of benzene rings is 1. The van der Waals surface area contributed by atoms with Crippen LogP contribution in [0.25, 0.3) is 0 Å². The summed E-state index contributed by atoms with van der Waals surface area (Å²) in [4.78, 5) is 0. The van der Waals surface area contributed by atoms with E-state index in [1.54, 1.807) is 6.07 Å². The maximum Gasteiger partial charge on any atom is 0.152 e. The summed E-state index contributed by atoms with van der Waals surface area (Å²) in [6.45, 7) is 4.38. The van der Waals surface area contributed by atoms with E-state index in [1.165, 1.54) is 12.5 Å². The van der Waals surface area contributed by atoms with Gasteiger partial charge in [-0.1, -0.05) is 19.9 Å². The molecule has 17 heavy (non-hydrogen) atoms. The van der Waals surface area contributed by atoms with Gasteiger partial charge in [-0.15, -0.1) is 0 Å². The minimum absolute atomic E-state index is 0.177. The zero-order valence-electron chi connectivity index (χ0n) is 10.3. The van der Waals surface area contributed by atoms with Crippen LogP contribution in [0.1, 0.15) is 44.6 Å². The van der Waals surface area contributed by atoms with E-state index in [2.05, 4.69) is 13.8 Å². The molecule has 2 unspecified atom stereocenters. The molecule has 0 spiro atoms. The molecular weight excluding hydrogens is 220 g/mol. The van der Waals surface area contributed by atoms with E-state index in [-0.39, 0.29) is 11.6 Å². The minimum atomic E-state index is -0.664. The molecule has 1 aromatic rings. The molecule has 0 saturated heterocycles. The monoisotopic (exact) mass is 239 g/mol. The molecule has 0 radical (unpaired) electrons. The third-order valence-corrected chi connectivity index (χ3v) is 3.77. The van der Waals surface area contributed by atoms with Crippen molar-refractivity contribution in [2.45, 2.75) is 39.0 Å². The van der Waals surface area contributed by atoms with Crippen LogP contribution in [0.3, 0.4) is 0 Å². The van der Waals surface area contributed by atoms with Crippen LogP contribution in [0, 0.1) is 23.5 Å². The predicted octanol–water partition coefficient (Wildman–Crippen LogP) is 4.09. The highest BCUT2D eigenvalue weighted by Crippen LogP contribution is 2.40. The van der Waals surface area contributed by atoms with Crippen molar-refractivity contribution in [2.24, 2.45) is 11.8 Å². The second-order valence-corrected chi connectivity index (χ2v) is 5.48. The molecule has 3 heteroatoms. The third-order valence-electron chi connectivity index (χ3n) is 3.77. The van der Waals surface area contributed by atoms with Gasteiger partial charge < -0.3 is 5.73 Å². The lowest BCUT2D eigenvalue weighted by Gasteiger charge is -2.32. The van der Waals surface area contributed by atoms with Crippen molar-refractivity contribution in [3.8, 4) is 0 Å². The van der Waals surface area contributed by atoms with Gasteiger partial charge in [0.05, 0.1) is 0 Å². The molecule has 0 aliphatic heterocycles. The number of halogens is 2. The van der Waals surface area contributed by atoms with E-state index in [0.29, 0.717) is 17.4 Å². The van der Waals surface area contributed by atoms with Gasteiger partial charge >= 0.3 is 0 Å². The summed E-state index contributed by atoms with van der Waals surface area (Å²) in [7, 11) is 0. The molecule has 94 valence electrons. The van der Waals surface area contributed by atoms with Crippen molar-refractivity contribution in [3.63, 3.8) is 0 Å². The van der Waals surface area contributed by atoms with Crippen molar-refractivity contribution in [2.75, 3.05) is 5.73 Å². The van der Waals surface area contributed by atoms with Gasteiger partial charge in [-0.3, -0.25) is 0 Å². The Bertz CT molecular complexity index is 407. The normalized spacial score (nSPS) is 29.3. The summed E-state index contributed by atoms with van der Waals surface area (Å²) in [5.74, 6) is 0.139. The van der Waals surface area contributed by atoms with Gasteiger partial charge in [-0.2, -0.15) is 0 Å². The number of nitrogens with two attached hydrogens (primary N) is 1. The van der Waals surface area contributed by atoms with E-state index in [4.69, 9.17) is 5.73 Å². The summed E-state index contributed by atoms with van der Waals surface area (Å²) < 4.78 is 27.1. The number of hydrogen-bond donors (Lipinski definition) is 1. The molecule has 1 aliphatic carbocycles. The van der Waals surface area contributed by atoms with E-state index in [0.717, 1.165) is 12.8 Å². The van der Waals surface area contributed by atoms with E-state index < -0.39 is 11.6 Å². The van der Waals surface area contributed by atoms with Gasteiger partial charge in [-0.05, 0) is 48.6 Å². The molecule has 2 N–H and O–H groups in total. The second kappa shape index (κ2) is 4.63. The Balaban J connectivity index is 2.31.